The summed E-state index contributed by atoms with van der Waals surface area (Å²) in [6.45, 7) is 0. The van der Waals surface area contributed by atoms with Gasteiger partial charge in [0, 0.05) is 16.9 Å². The van der Waals surface area contributed by atoms with Crippen molar-refractivity contribution in [3.05, 3.63) is 97.1 Å². The summed E-state index contributed by atoms with van der Waals surface area (Å²) in [7, 11) is 0. The lowest BCUT2D eigenvalue weighted by atomic mass is 10.1. The first kappa shape index (κ1) is 14.3. The van der Waals surface area contributed by atoms with Gasteiger partial charge in [0.1, 0.15) is 0 Å². The summed E-state index contributed by atoms with van der Waals surface area (Å²) >= 11 is 0. The molecule has 0 aliphatic carbocycles. The Morgan fingerprint density at radius 3 is 1.75 bits per heavy atom. The number of aromatic nitrogens is 1. The van der Waals surface area contributed by atoms with Crippen LogP contribution in [0.15, 0.2) is 97.1 Å². The quantitative estimate of drug-likeness (QED) is 0.469. The molecule has 2 nitrogen and oxygen atoms in total. The van der Waals surface area contributed by atoms with E-state index in [4.69, 9.17) is 0 Å². The first-order chi connectivity index (χ1) is 11.9. The zero-order chi connectivity index (χ0) is 16.2. The number of anilines is 2. The van der Waals surface area contributed by atoms with E-state index in [1.807, 2.05) is 30.3 Å². The van der Waals surface area contributed by atoms with Crippen LogP contribution in [0.4, 0.5) is 11.4 Å². The molecule has 0 aliphatic rings. The maximum atomic E-state index is 3.57. The molecule has 4 rings (SSSR count). The summed E-state index contributed by atoms with van der Waals surface area (Å²) in [5.74, 6) is 0. The number of nitrogens with one attached hydrogen (secondary N) is 2. The fraction of sp³-hybridized carbons (Fsp3) is 0. The van der Waals surface area contributed by atoms with Crippen molar-refractivity contribution in [1.29, 1.82) is 0 Å². The predicted octanol–water partition coefficient (Wildman–Crippen LogP) is 6.09. The van der Waals surface area contributed by atoms with E-state index >= 15 is 0 Å². The third-order valence-electron chi connectivity index (χ3n) is 4.02. The Balaban J connectivity index is 1.80. The molecule has 1 aromatic heterocycles. The number of rotatable bonds is 4. The lowest BCUT2D eigenvalue weighted by Crippen LogP contribution is -1.90. The van der Waals surface area contributed by atoms with Crippen molar-refractivity contribution in [2.45, 2.75) is 0 Å². The van der Waals surface area contributed by atoms with Gasteiger partial charge in [0.2, 0.25) is 0 Å². The molecule has 0 atom stereocenters. The third-order valence-corrected chi connectivity index (χ3v) is 4.02. The van der Waals surface area contributed by atoms with Crippen molar-refractivity contribution in [2.24, 2.45) is 0 Å². The maximum Gasteiger partial charge on any atom is 0.0698 e. The summed E-state index contributed by atoms with van der Waals surface area (Å²) in [4.78, 5) is 3.57. The van der Waals surface area contributed by atoms with E-state index in [0.717, 1.165) is 28.3 Å². The van der Waals surface area contributed by atoms with E-state index in [9.17, 15) is 0 Å². The molecule has 3 aromatic carbocycles. The van der Waals surface area contributed by atoms with Crippen LogP contribution in [0.1, 0.15) is 0 Å². The monoisotopic (exact) mass is 310 g/mol. The second-order valence-corrected chi connectivity index (χ2v) is 5.69. The number of para-hydroxylation sites is 1. The lowest BCUT2D eigenvalue weighted by Gasteiger charge is -2.07. The third kappa shape index (κ3) is 2.95. The molecule has 0 unspecified atom stereocenters. The molecule has 0 aliphatic heterocycles. The van der Waals surface area contributed by atoms with E-state index in [-0.39, 0.29) is 0 Å². The van der Waals surface area contributed by atoms with Crippen molar-refractivity contribution >= 4 is 11.4 Å². The highest BCUT2D eigenvalue weighted by Gasteiger charge is 2.11. The summed E-state index contributed by atoms with van der Waals surface area (Å²) in [5.41, 5.74) is 6.69. The van der Waals surface area contributed by atoms with Gasteiger partial charge in [0.25, 0.3) is 0 Å². The van der Waals surface area contributed by atoms with Gasteiger partial charge >= 0.3 is 0 Å². The first-order valence-corrected chi connectivity index (χ1v) is 8.06. The molecule has 4 aromatic rings. The molecule has 0 amide bonds. The normalized spacial score (nSPS) is 10.5. The molecule has 24 heavy (non-hydrogen) atoms. The van der Waals surface area contributed by atoms with Crippen LogP contribution in [0.3, 0.4) is 0 Å². The standard InChI is InChI=1S/C22H18N2/c1-4-10-17(11-5-1)20-16-21(23-19-14-8-3-9-15-19)22(24-20)18-12-6-2-7-13-18/h1-16,23-24H. The van der Waals surface area contributed by atoms with E-state index in [0.29, 0.717) is 0 Å². The molecule has 0 radical (unpaired) electrons. The summed E-state index contributed by atoms with van der Waals surface area (Å²) in [5, 5.41) is 3.53. The highest BCUT2D eigenvalue weighted by atomic mass is 14.9. The number of benzene rings is 3. The topological polar surface area (TPSA) is 27.8 Å². The highest BCUT2D eigenvalue weighted by Crippen LogP contribution is 2.34. The van der Waals surface area contributed by atoms with Crippen LogP contribution in [-0.2, 0) is 0 Å². The average Bonchev–Trinajstić information content (AvgIpc) is 3.08. The SMILES string of the molecule is c1ccc(Nc2cc(-c3ccccc3)[nH]c2-c2ccccc2)cc1. The Morgan fingerprint density at radius 1 is 0.583 bits per heavy atom. The summed E-state index contributed by atoms with van der Waals surface area (Å²) in [6.07, 6.45) is 0. The Hall–Kier alpha value is -3.26. The smallest absolute Gasteiger partial charge is 0.0698 e. The number of H-pyrrole nitrogens is 1. The van der Waals surface area contributed by atoms with Crippen LogP contribution in [0, 0.1) is 0 Å². The van der Waals surface area contributed by atoms with Gasteiger partial charge in [-0.2, -0.15) is 0 Å². The maximum absolute atomic E-state index is 3.57. The molecule has 0 saturated heterocycles. The van der Waals surface area contributed by atoms with Crippen LogP contribution in [0.25, 0.3) is 22.5 Å². The average molecular weight is 310 g/mol. The van der Waals surface area contributed by atoms with Gasteiger partial charge in [-0.25, -0.2) is 0 Å². The predicted molar refractivity (Wildman–Crippen MR) is 101 cm³/mol. The second-order valence-electron chi connectivity index (χ2n) is 5.69. The molecule has 116 valence electrons. The Labute approximate surface area is 141 Å². The molecular weight excluding hydrogens is 292 g/mol. The molecule has 2 N–H and O–H groups in total. The van der Waals surface area contributed by atoms with Gasteiger partial charge in [-0.3, -0.25) is 0 Å². The van der Waals surface area contributed by atoms with E-state index in [1.165, 1.54) is 5.56 Å². The minimum absolute atomic E-state index is 1.08. The summed E-state index contributed by atoms with van der Waals surface area (Å²) in [6, 6.07) is 33.2. The van der Waals surface area contributed by atoms with Gasteiger partial charge in [0.05, 0.1) is 11.4 Å². The van der Waals surface area contributed by atoms with E-state index < -0.39 is 0 Å². The van der Waals surface area contributed by atoms with Crippen LogP contribution in [0.5, 0.6) is 0 Å². The number of aromatic amines is 1. The van der Waals surface area contributed by atoms with Crippen LogP contribution in [0.2, 0.25) is 0 Å². The van der Waals surface area contributed by atoms with Crippen LogP contribution in [-0.4, -0.2) is 4.98 Å². The molecule has 1 heterocycles. The first-order valence-electron chi connectivity index (χ1n) is 8.06. The Bertz CT molecular complexity index is 910. The zero-order valence-corrected chi connectivity index (χ0v) is 13.2. The minimum Gasteiger partial charge on any atom is -0.354 e. The van der Waals surface area contributed by atoms with Crippen molar-refractivity contribution in [3.8, 4) is 22.5 Å². The number of hydrogen-bond acceptors (Lipinski definition) is 1. The molecule has 0 spiro atoms. The van der Waals surface area contributed by atoms with Crippen molar-refractivity contribution < 1.29 is 0 Å². The van der Waals surface area contributed by atoms with Crippen molar-refractivity contribution in [1.82, 2.24) is 4.98 Å². The molecule has 0 fully saturated rings. The molecule has 0 bridgehead atoms. The van der Waals surface area contributed by atoms with E-state index in [2.05, 4.69) is 77.0 Å². The largest absolute Gasteiger partial charge is 0.354 e. The lowest BCUT2D eigenvalue weighted by molar-refractivity contribution is 1.39. The second kappa shape index (κ2) is 6.47. The summed E-state index contributed by atoms with van der Waals surface area (Å²) < 4.78 is 0. The Kier molecular flexibility index (Phi) is 3.86. The van der Waals surface area contributed by atoms with Gasteiger partial charge in [-0.15, -0.1) is 0 Å². The molecular formula is C22H18N2. The fourth-order valence-electron chi connectivity index (χ4n) is 2.84. The molecule has 2 heteroatoms. The highest BCUT2D eigenvalue weighted by molar-refractivity contribution is 5.83. The van der Waals surface area contributed by atoms with Crippen molar-refractivity contribution in [3.63, 3.8) is 0 Å². The van der Waals surface area contributed by atoms with Crippen LogP contribution >= 0.6 is 0 Å². The van der Waals surface area contributed by atoms with Gasteiger partial charge in [-0.1, -0.05) is 78.9 Å². The minimum atomic E-state index is 1.08. The van der Waals surface area contributed by atoms with Gasteiger partial charge in [-0.05, 0) is 23.8 Å². The van der Waals surface area contributed by atoms with Gasteiger partial charge < -0.3 is 10.3 Å². The van der Waals surface area contributed by atoms with Gasteiger partial charge in [0.15, 0.2) is 0 Å². The van der Waals surface area contributed by atoms with E-state index in [1.54, 1.807) is 0 Å². The van der Waals surface area contributed by atoms with Crippen molar-refractivity contribution in [2.75, 3.05) is 5.32 Å². The molecule has 0 saturated carbocycles. The number of hydrogen-bond donors (Lipinski definition) is 2. The fourth-order valence-corrected chi connectivity index (χ4v) is 2.84. The zero-order valence-electron chi connectivity index (χ0n) is 13.2. The van der Waals surface area contributed by atoms with Crippen LogP contribution < -0.4 is 5.32 Å². The Morgan fingerprint density at radius 2 is 1.12 bits per heavy atom.